The maximum atomic E-state index is 12.7. The third-order valence-electron chi connectivity index (χ3n) is 4.25. The van der Waals surface area contributed by atoms with Crippen LogP contribution in [0.3, 0.4) is 0 Å². The normalized spacial score (nSPS) is 17.2. The van der Waals surface area contributed by atoms with E-state index >= 15 is 0 Å². The van der Waals surface area contributed by atoms with Crippen LogP contribution in [-0.2, 0) is 16.1 Å². The predicted molar refractivity (Wildman–Crippen MR) is 97.5 cm³/mol. The minimum Gasteiger partial charge on any atom is -0.341 e. The summed E-state index contributed by atoms with van der Waals surface area (Å²) in [7, 11) is 1.79. The Balaban J connectivity index is 1.66. The van der Waals surface area contributed by atoms with Gasteiger partial charge in [0.25, 0.3) is 0 Å². The fourth-order valence-corrected chi connectivity index (χ4v) is 3.25. The number of carbonyl (C=O) groups excluding carboxylic acids is 2. The van der Waals surface area contributed by atoms with Crippen LogP contribution in [0.25, 0.3) is 0 Å². The Morgan fingerprint density at radius 1 is 1.17 bits per heavy atom. The molecule has 0 N–H and O–H groups in total. The molecule has 4 nitrogen and oxygen atoms in total. The van der Waals surface area contributed by atoms with Crippen LogP contribution in [0.5, 0.6) is 0 Å². The van der Waals surface area contributed by atoms with Crippen LogP contribution < -0.4 is 4.90 Å². The van der Waals surface area contributed by atoms with Crippen molar-refractivity contribution in [1.29, 1.82) is 0 Å². The van der Waals surface area contributed by atoms with E-state index in [1.165, 1.54) is 0 Å². The Kier molecular flexibility index (Phi) is 5.00. The molecule has 2 aromatic carbocycles. The van der Waals surface area contributed by atoms with Gasteiger partial charge in [0.15, 0.2) is 0 Å². The van der Waals surface area contributed by atoms with Crippen molar-refractivity contribution in [3.63, 3.8) is 0 Å². The van der Waals surface area contributed by atoms with Crippen LogP contribution in [-0.4, -0.2) is 30.3 Å². The van der Waals surface area contributed by atoms with Gasteiger partial charge in [-0.3, -0.25) is 9.59 Å². The van der Waals surface area contributed by atoms with Crippen molar-refractivity contribution in [3.05, 3.63) is 64.6 Å². The first-order valence-corrected chi connectivity index (χ1v) is 8.69. The Labute approximate surface area is 150 Å². The van der Waals surface area contributed by atoms with Gasteiger partial charge in [0, 0.05) is 36.7 Å². The van der Waals surface area contributed by atoms with Crippen LogP contribution in [0.15, 0.2) is 59.1 Å². The van der Waals surface area contributed by atoms with Gasteiger partial charge in [0.1, 0.15) is 0 Å². The van der Waals surface area contributed by atoms with Crippen LogP contribution in [0, 0.1) is 5.92 Å². The maximum Gasteiger partial charge on any atom is 0.228 e. The predicted octanol–water partition coefficient (Wildman–Crippen LogP) is 3.46. The molecular formula is C19H19BrN2O2. The third kappa shape index (κ3) is 3.67. The van der Waals surface area contributed by atoms with E-state index in [9.17, 15) is 9.59 Å². The van der Waals surface area contributed by atoms with E-state index in [2.05, 4.69) is 15.9 Å². The largest absolute Gasteiger partial charge is 0.341 e. The van der Waals surface area contributed by atoms with Gasteiger partial charge >= 0.3 is 0 Å². The molecule has 24 heavy (non-hydrogen) atoms. The lowest BCUT2D eigenvalue weighted by atomic mass is 10.1. The van der Waals surface area contributed by atoms with E-state index in [0.717, 1.165) is 15.7 Å². The van der Waals surface area contributed by atoms with Gasteiger partial charge in [-0.15, -0.1) is 0 Å². The lowest BCUT2D eigenvalue weighted by Crippen LogP contribution is -2.34. The molecule has 0 radical (unpaired) electrons. The van der Waals surface area contributed by atoms with Gasteiger partial charge in [0.2, 0.25) is 11.8 Å². The number of hydrogen-bond donors (Lipinski definition) is 0. The van der Waals surface area contributed by atoms with Gasteiger partial charge in [-0.2, -0.15) is 0 Å². The Morgan fingerprint density at radius 2 is 1.83 bits per heavy atom. The molecule has 2 amide bonds. The molecule has 1 unspecified atom stereocenters. The number of halogens is 1. The van der Waals surface area contributed by atoms with E-state index in [4.69, 9.17) is 0 Å². The number of nitrogens with zero attached hydrogens (tertiary/aromatic N) is 2. The summed E-state index contributed by atoms with van der Waals surface area (Å²) in [4.78, 5) is 28.4. The molecule has 0 spiro atoms. The summed E-state index contributed by atoms with van der Waals surface area (Å²) in [6.45, 7) is 1.00. The van der Waals surface area contributed by atoms with E-state index in [1.807, 2.05) is 54.6 Å². The van der Waals surface area contributed by atoms with Crippen LogP contribution in [0.2, 0.25) is 0 Å². The number of amides is 2. The Bertz CT molecular complexity index is 731. The highest BCUT2D eigenvalue weighted by atomic mass is 79.9. The fraction of sp³-hybridized carbons (Fsp3) is 0.263. The minimum absolute atomic E-state index is 0.00350. The quantitative estimate of drug-likeness (QED) is 0.806. The average molecular weight is 387 g/mol. The van der Waals surface area contributed by atoms with Crippen molar-refractivity contribution in [1.82, 2.24) is 4.90 Å². The highest BCUT2D eigenvalue weighted by molar-refractivity contribution is 9.10. The lowest BCUT2D eigenvalue weighted by Gasteiger charge is -2.21. The highest BCUT2D eigenvalue weighted by Gasteiger charge is 2.36. The average Bonchev–Trinajstić information content (AvgIpc) is 2.97. The van der Waals surface area contributed by atoms with Gasteiger partial charge in [0.05, 0.1) is 5.92 Å². The van der Waals surface area contributed by atoms with E-state index < -0.39 is 0 Å². The molecule has 1 saturated heterocycles. The summed E-state index contributed by atoms with van der Waals surface area (Å²) in [5.41, 5.74) is 1.92. The molecule has 0 aliphatic carbocycles. The van der Waals surface area contributed by atoms with Crippen LogP contribution in [0.4, 0.5) is 5.69 Å². The Morgan fingerprint density at radius 3 is 2.50 bits per heavy atom. The topological polar surface area (TPSA) is 40.6 Å². The summed E-state index contributed by atoms with van der Waals surface area (Å²) >= 11 is 3.39. The second-order valence-electron chi connectivity index (χ2n) is 6.06. The zero-order valence-corrected chi connectivity index (χ0v) is 15.1. The summed E-state index contributed by atoms with van der Waals surface area (Å²) in [5.74, 6) is -0.259. The number of anilines is 1. The van der Waals surface area contributed by atoms with Gasteiger partial charge in [-0.1, -0.05) is 46.3 Å². The zero-order valence-electron chi connectivity index (χ0n) is 13.5. The van der Waals surface area contributed by atoms with Crippen molar-refractivity contribution in [3.8, 4) is 0 Å². The van der Waals surface area contributed by atoms with E-state index in [1.54, 1.807) is 16.8 Å². The summed E-state index contributed by atoms with van der Waals surface area (Å²) in [6.07, 6.45) is 0.272. The summed E-state index contributed by atoms with van der Waals surface area (Å²) in [6, 6.07) is 17.5. The lowest BCUT2D eigenvalue weighted by molar-refractivity contribution is -0.135. The van der Waals surface area contributed by atoms with Crippen molar-refractivity contribution in [2.45, 2.75) is 13.0 Å². The SMILES string of the molecule is CN(Cc1ccccc1)C(=O)C1CC(=O)N(c2ccc(Br)cc2)C1. The smallest absolute Gasteiger partial charge is 0.228 e. The van der Waals surface area contributed by atoms with E-state index in [0.29, 0.717) is 13.1 Å². The highest BCUT2D eigenvalue weighted by Crippen LogP contribution is 2.27. The third-order valence-corrected chi connectivity index (χ3v) is 4.78. The van der Waals surface area contributed by atoms with Gasteiger partial charge in [-0.25, -0.2) is 0 Å². The van der Waals surface area contributed by atoms with Crippen molar-refractivity contribution in [2.75, 3.05) is 18.5 Å². The second-order valence-corrected chi connectivity index (χ2v) is 6.98. The van der Waals surface area contributed by atoms with Gasteiger partial charge < -0.3 is 9.80 Å². The number of hydrogen-bond acceptors (Lipinski definition) is 2. The first-order valence-electron chi connectivity index (χ1n) is 7.89. The monoisotopic (exact) mass is 386 g/mol. The molecule has 0 aromatic heterocycles. The fourth-order valence-electron chi connectivity index (χ4n) is 2.99. The number of carbonyl (C=O) groups is 2. The second kappa shape index (κ2) is 7.18. The standard InChI is InChI=1S/C19H19BrN2O2/c1-21(12-14-5-3-2-4-6-14)19(24)15-11-18(23)22(13-15)17-9-7-16(20)8-10-17/h2-10,15H,11-13H2,1H3. The summed E-state index contributed by atoms with van der Waals surface area (Å²) < 4.78 is 0.966. The van der Waals surface area contributed by atoms with Gasteiger partial charge in [-0.05, 0) is 29.8 Å². The first-order chi connectivity index (χ1) is 11.5. The van der Waals surface area contributed by atoms with E-state index in [-0.39, 0.29) is 24.2 Å². The zero-order chi connectivity index (χ0) is 17.1. The molecule has 3 rings (SSSR count). The Hall–Kier alpha value is -2.14. The maximum absolute atomic E-state index is 12.7. The molecule has 1 atom stereocenters. The number of rotatable bonds is 4. The first kappa shape index (κ1) is 16.7. The molecule has 1 heterocycles. The molecular weight excluding hydrogens is 368 g/mol. The van der Waals surface area contributed by atoms with Crippen LogP contribution in [0.1, 0.15) is 12.0 Å². The van der Waals surface area contributed by atoms with Crippen LogP contribution >= 0.6 is 15.9 Å². The molecule has 0 bridgehead atoms. The molecule has 1 aliphatic heterocycles. The number of benzene rings is 2. The molecule has 0 saturated carbocycles. The molecule has 2 aromatic rings. The van der Waals surface area contributed by atoms with Crippen molar-refractivity contribution >= 4 is 33.4 Å². The minimum atomic E-state index is -0.283. The molecule has 1 aliphatic rings. The molecule has 5 heteroatoms. The van der Waals surface area contributed by atoms with Crippen molar-refractivity contribution < 1.29 is 9.59 Å². The molecule has 1 fully saturated rings. The molecule has 124 valence electrons. The summed E-state index contributed by atoms with van der Waals surface area (Å²) in [5, 5.41) is 0. The van der Waals surface area contributed by atoms with Crippen molar-refractivity contribution in [2.24, 2.45) is 5.92 Å².